The van der Waals surface area contributed by atoms with Gasteiger partial charge < -0.3 is 0 Å². The predicted octanol–water partition coefficient (Wildman–Crippen LogP) is 2.79. The summed E-state index contributed by atoms with van der Waals surface area (Å²) in [6, 6.07) is 0. The number of rotatable bonds is 2. The molecule has 0 unspecified atom stereocenters. The second-order valence-corrected chi connectivity index (χ2v) is 2.86. The smallest absolute Gasteiger partial charge is 0.281 e. The van der Waals surface area contributed by atoms with Crippen LogP contribution in [0.1, 0.15) is 28.0 Å². The van der Waals surface area contributed by atoms with Crippen molar-refractivity contribution in [3.05, 3.63) is 28.0 Å². The highest BCUT2D eigenvalue weighted by Gasteiger charge is 2.17. The Labute approximate surface area is 78.5 Å². The van der Waals surface area contributed by atoms with Gasteiger partial charge in [-0.25, -0.2) is 8.78 Å². The lowest BCUT2D eigenvalue weighted by molar-refractivity contribution is 0.110. The first kappa shape index (κ1) is 10.1. The van der Waals surface area contributed by atoms with E-state index in [4.69, 9.17) is 11.6 Å². The van der Waals surface area contributed by atoms with Crippen LogP contribution in [0, 0.1) is 6.92 Å². The molecule has 0 aliphatic heterocycles. The lowest BCUT2D eigenvalue weighted by Crippen LogP contribution is -2.00. The van der Waals surface area contributed by atoms with E-state index in [1.54, 1.807) is 0 Å². The Morgan fingerprint density at radius 1 is 1.62 bits per heavy atom. The second-order valence-electron chi connectivity index (χ2n) is 2.45. The fourth-order valence-corrected chi connectivity index (χ4v) is 1.09. The highest BCUT2D eigenvalue weighted by atomic mass is 35.5. The molecule has 1 aromatic heterocycles. The Morgan fingerprint density at radius 3 is 2.69 bits per heavy atom. The molecule has 0 fully saturated rings. The fraction of sp³-hybridized carbons (Fsp3) is 0.250. The number of hydrogen-bond acceptors (Lipinski definition) is 2. The Bertz CT molecular complexity index is 341. The van der Waals surface area contributed by atoms with Crippen molar-refractivity contribution in [3.8, 4) is 0 Å². The number of carbonyl (C=O) groups is 1. The topological polar surface area (TPSA) is 30.0 Å². The number of aldehydes is 1. The van der Waals surface area contributed by atoms with Crippen LogP contribution in [-0.2, 0) is 0 Å². The van der Waals surface area contributed by atoms with E-state index in [-0.39, 0.29) is 10.6 Å². The van der Waals surface area contributed by atoms with Gasteiger partial charge in [0.05, 0.1) is 5.02 Å². The van der Waals surface area contributed by atoms with E-state index in [0.29, 0.717) is 11.8 Å². The molecule has 0 amide bonds. The molecule has 0 radical (unpaired) electrons. The van der Waals surface area contributed by atoms with Gasteiger partial charge >= 0.3 is 0 Å². The highest BCUT2D eigenvalue weighted by Crippen LogP contribution is 2.25. The molecular formula is C8H6ClF2NO. The zero-order valence-electron chi connectivity index (χ0n) is 6.72. The van der Waals surface area contributed by atoms with Crippen LogP contribution in [0.5, 0.6) is 0 Å². The third kappa shape index (κ3) is 1.83. The molecule has 5 heteroatoms. The van der Waals surface area contributed by atoms with E-state index < -0.39 is 12.1 Å². The van der Waals surface area contributed by atoms with E-state index in [9.17, 15) is 13.6 Å². The van der Waals surface area contributed by atoms with E-state index in [0.717, 1.165) is 6.20 Å². The van der Waals surface area contributed by atoms with Crippen molar-refractivity contribution in [1.29, 1.82) is 0 Å². The molecule has 0 saturated carbocycles. The van der Waals surface area contributed by atoms with Gasteiger partial charge in [-0.2, -0.15) is 0 Å². The molecule has 0 N–H and O–H groups in total. The number of carbonyl (C=O) groups excluding carboxylic acids is 1. The van der Waals surface area contributed by atoms with Gasteiger partial charge in [-0.05, 0) is 12.5 Å². The average molecular weight is 206 g/mol. The molecule has 0 aliphatic rings. The third-order valence-electron chi connectivity index (χ3n) is 1.68. The zero-order valence-corrected chi connectivity index (χ0v) is 7.48. The summed E-state index contributed by atoms with van der Waals surface area (Å²) in [5.41, 5.74) is -0.304. The Kier molecular flexibility index (Phi) is 2.93. The van der Waals surface area contributed by atoms with Crippen molar-refractivity contribution in [2.75, 3.05) is 0 Å². The van der Waals surface area contributed by atoms with Gasteiger partial charge in [-0.3, -0.25) is 9.78 Å². The van der Waals surface area contributed by atoms with Crippen molar-refractivity contribution in [2.24, 2.45) is 0 Å². The third-order valence-corrected chi connectivity index (χ3v) is 2.06. The molecule has 1 aromatic rings. The molecule has 1 rings (SSSR count). The van der Waals surface area contributed by atoms with Crippen LogP contribution in [0.25, 0.3) is 0 Å². The molecule has 2 nitrogen and oxygen atoms in total. The average Bonchev–Trinajstić information content (AvgIpc) is 2.09. The molecule has 0 saturated heterocycles. The quantitative estimate of drug-likeness (QED) is 0.695. The van der Waals surface area contributed by atoms with Gasteiger partial charge in [0.1, 0.15) is 5.69 Å². The number of hydrogen-bond donors (Lipinski definition) is 0. The van der Waals surface area contributed by atoms with Gasteiger partial charge in [0.25, 0.3) is 6.43 Å². The molecule has 0 bridgehead atoms. The minimum Gasteiger partial charge on any atom is -0.298 e. The lowest BCUT2D eigenvalue weighted by Gasteiger charge is -2.06. The van der Waals surface area contributed by atoms with Crippen LogP contribution in [0.2, 0.25) is 5.02 Å². The van der Waals surface area contributed by atoms with Crippen molar-refractivity contribution >= 4 is 17.9 Å². The summed E-state index contributed by atoms with van der Waals surface area (Å²) in [5.74, 6) is 0. The van der Waals surface area contributed by atoms with Crippen LogP contribution in [0.4, 0.5) is 8.78 Å². The summed E-state index contributed by atoms with van der Waals surface area (Å²) in [6.45, 7) is 1.50. The number of alkyl halides is 2. The van der Waals surface area contributed by atoms with Gasteiger partial charge in [0.2, 0.25) is 0 Å². The van der Waals surface area contributed by atoms with Crippen LogP contribution < -0.4 is 0 Å². The molecule has 70 valence electrons. The molecule has 13 heavy (non-hydrogen) atoms. The number of nitrogens with zero attached hydrogens (tertiary/aromatic N) is 1. The number of pyridine rings is 1. The maximum atomic E-state index is 12.3. The van der Waals surface area contributed by atoms with Gasteiger partial charge in [0, 0.05) is 11.8 Å². The summed E-state index contributed by atoms with van der Waals surface area (Å²) in [4.78, 5) is 13.9. The molecule has 0 spiro atoms. The summed E-state index contributed by atoms with van der Waals surface area (Å²) in [7, 11) is 0. The van der Waals surface area contributed by atoms with Gasteiger partial charge in [-0.15, -0.1) is 0 Å². The largest absolute Gasteiger partial charge is 0.298 e. The SMILES string of the molecule is Cc1c(Cl)cnc(C(F)F)c1C=O. The van der Waals surface area contributed by atoms with E-state index in [1.165, 1.54) is 6.92 Å². The van der Waals surface area contributed by atoms with E-state index in [2.05, 4.69) is 4.98 Å². The summed E-state index contributed by atoms with van der Waals surface area (Å²) >= 11 is 5.60. The number of halogens is 3. The maximum Gasteiger partial charge on any atom is 0.281 e. The maximum absolute atomic E-state index is 12.3. The minimum absolute atomic E-state index is 0.123. The highest BCUT2D eigenvalue weighted by molar-refractivity contribution is 6.31. The van der Waals surface area contributed by atoms with E-state index in [1.807, 2.05) is 0 Å². The van der Waals surface area contributed by atoms with Crippen LogP contribution in [0.3, 0.4) is 0 Å². The zero-order chi connectivity index (χ0) is 10.0. The Morgan fingerprint density at radius 2 is 2.23 bits per heavy atom. The van der Waals surface area contributed by atoms with Crippen molar-refractivity contribution in [3.63, 3.8) is 0 Å². The van der Waals surface area contributed by atoms with Crippen LogP contribution in [-0.4, -0.2) is 11.3 Å². The Hall–Kier alpha value is -1.03. The van der Waals surface area contributed by atoms with Gasteiger partial charge in [-0.1, -0.05) is 11.6 Å². The molecule has 0 aliphatic carbocycles. The molecule has 1 heterocycles. The van der Waals surface area contributed by atoms with Crippen LogP contribution in [0.15, 0.2) is 6.20 Å². The van der Waals surface area contributed by atoms with Crippen molar-refractivity contribution < 1.29 is 13.6 Å². The second kappa shape index (κ2) is 3.79. The first-order valence-corrected chi connectivity index (χ1v) is 3.84. The first-order valence-electron chi connectivity index (χ1n) is 3.46. The van der Waals surface area contributed by atoms with Crippen molar-refractivity contribution in [2.45, 2.75) is 13.3 Å². The normalized spacial score (nSPS) is 10.5. The first-order chi connectivity index (χ1) is 6.07. The lowest BCUT2D eigenvalue weighted by atomic mass is 10.1. The van der Waals surface area contributed by atoms with E-state index >= 15 is 0 Å². The monoisotopic (exact) mass is 205 g/mol. The minimum atomic E-state index is -2.75. The predicted molar refractivity (Wildman–Crippen MR) is 44.3 cm³/mol. The summed E-state index contributed by atoms with van der Waals surface area (Å²) < 4.78 is 24.5. The fourth-order valence-electron chi connectivity index (χ4n) is 0.936. The summed E-state index contributed by atoms with van der Waals surface area (Å²) in [5, 5.41) is 0.214. The van der Waals surface area contributed by atoms with Crippen LogP contribution >= 0.6 is 11.6 Å². The standard InChI is InChI=1S/C8H6ClF2NO/c1-4-5(3-13)7(8(10)11)12-2-6(4)9/h2-3,8H,1H3. The molecule has 0 aromatic carbocycles. The molecular weight excluding hydrogens is 200 g/mol. The molecule has 0 atom stereocenters. The number of aromatic nitrogens is 1. The van der Waals surface area contributed by atoms with Crippen molar-refractivity contribution in [1.82, 2.24) is 4.98 Å². The van der Waals surface area contributed by atoms with Gasteiger partial charge in [0.15, 0.2) is 6.29 Å². The Balaban J connectivity index is 3.38. The summed E-state index contributed by atoms with van der Waals surface area (Å²) in [6.07, 6.45) is -1.29.